The average molecular weight is 332 g/mol. The number of benzene rings is 2. The highest BCUT2D eigenvalue weighted by Crippen LogP contribution is 2.13. The summed E-state index contributed by atoms with van der Waals surface area (Å²) in [7, 11) is 0. The predicted molar refractivity (Wildman–Crippen MR) is 101 cm³/mol. The summed E-state index contributed by atoms with van der Waals surface area (Å²) in [6.45, 7) is 3.96. The zero-order chi connectivity index (χ0) is 17.8. The summed E-state index contributed by atoms with van der Waals surface area (Å²) in [5.41, 5.74) is 2.68. The molecule has 0 bridgehead atoms. The van der Waals surface area contributed by atoms with Gasteiger partial charge in [-0.3, -0.25) is 14.2 Å². The van der Waals surface area contributed by atoms with Gasteiger partial charge < -0.3 is 0 Å². The highest BCUT2D eigenvalue weighted by Gasteiger charge is 2.08. The number of hydrogen-bond acceptors (Lipinski definition) is 3. The molecule has 0 amide bonds. The van der Waals surface area contributed by atoms with Gasteiger partial charge in [0.25, 0.3) is 5.56 Å². The van der Waals surface area contributed by atoms with Gasteiger partial charge >= 0.3 is 0 Å². The van der Waals surface area contributed by atoms with Gasteiger partial charge in [0.15, 0.2) is 5.78 Å². The van der Waals surface area contributed by atoms with Crippen molar-refractivity contribution in [2.75, 3.05) is 0 Å². The van der Waals surface area contributed by atoms with Crippen LogP contribution in [0.1, 0.15) is 23.9 Å². The van der Waals surface area contributed by atoms with E-state index >= 15 is 0 Å². The second-order valence-corrected chi connectivity index (χ2v) is 6.07. The van der Waals surface area contributed by atoms with Crippen molar-refractivity contribution >= 4 is 22.8 Å². The molecular formula is C21H20N2O2. The minimum atomic E-state index is -0.0273. The Kier molecular flexibility index (Phi) is 4.89. The second kappa shape index (κ2) is 7.26. The molecule has 0 atom stereocenters. The topological polar surface area (TPSA) is 52.0 Å². The van der Waals surface area contributed by atoms with Crippen LogP contribution in [0.4, 0.5) is 0 Å². The van der Waals surface area contributed by atoms with E-state index in [-0.39, 0.29) is 11.3 Å². The standard InChI is InChI=1S/C21H20N2O2/c1-15(24)8-9-18-10-11-19-20(14-18)22-16(2)23(21(19)25)13-12-17-6-4-3-5-7-17/h3-11,14H,12-13H2,1-2H3/b9-8+. The van der Waals surface area contributed by atoms with Crippen molar-refractivity contribution in [1.29, 1.82) is 0 Å². The number of ketones is 1. The largest absolute Gasteiger partial charge is 0.296 e. The highest BCUT2D eigenvalue weighted by molar-refractivity contribution is 5.92. The quantitative estimate of drug-likeness (QED) is 0.671. The maximum absolute atomic E-state index is 12.8. The third kappa shape index (κ3) is 3.91. The molecule has 1 aromatic heterocycles. The molecule has 3 aromatic rings. The van der Waals surface area contributed by atoms with Crippen molar-refractivity contribution in [3.8, 4) is 0 Å². The van der Waals surface area contributed by atoms with E-state index in [4.69, 9.17) is 0 Å². The molecule has 0 fully saturated rings. The van der Waals surface area contributed by atoms with Gasteiger partial charge in [0.1, 0.15) is 5.82 Å². The first-order valence-electron chi connectivity index (χ1n) is 8.28. The first-order chi connectivity index (χ1) is 12.0. The van der Waals surface area contributed by atoms with Crippen molar-refractivity contribution in [2.24, 2.45) is 0 Å². The van der Waals surface area contributed by atoms with E-state index in [1.165, 1.54) is 18.6 Å². The maximum Gasteiger partial charge on any atom is 0.261 e. The Morgan fingerprint density at radius 2 is 1.92 bits per heavy atom. The molecule has 0 aliphatic rings. The molecule has 0 spiro atoms. The lowest BCUT2D eigenvalue weighted by Crippen LogP contribution is -2.24. The molecule has 3 rings (SSSR count). The van der Waals surface area contributed by atoms with Crippen LogP contribution < -0.4 is 5.56 Å². The Morgan fingerprint density at radius 1 is 1.16 bits per heavy atom. The number of carbonyl (C=O) groups excluding carboxylic acids is 1. The fraction of sp³-hybridized carbons (Fsp3) is 0.190. The summed E-state index contributed by atoms with van der Waals surface area (Å²) in [5, 5.41) is 0.596. The van der Waals surface area contributed by atoms with E-state index < -0.39 is 0 Å². The van der Waals surface area contributed by atoms with Crippen molar-refractivity contribution in [3.05, 3.63) is 81.9 Å². The van der Waals surface area contributed by atoms with Crippen LogP contribution in [0.2, 0.25) is 0 Å². The normalized spacial score (nSPS) is 11.3. The van der Waals surface area contributed by atoms with Gasteiger partial charge in [0, 0.05) is 6.54 Å². The summed E-state index contributed by atoms with van der Waals surface area (Å²) in [5.74, 6) is 0.682. The smallest absolute Gasteiger partial charge is 0.261 e. The van der Waals surface area contributed by atoms with Gasteiger partial charge in [-0.1, -0.05) is 42.5 Å². The van der Waals surface area contributed by atoms with E-state index in [9.17, 15) is 9.59 Å². The van der Waals surface area contributed by atoms with Crippen molar-refractivity contribution in [2.45, 2.75) is 26.8 Å². The molecule has 2 aromatic carbocycles. The molecule has 4 nitrogen and oxygen atoms in total. The van der Waals surface area contributed by atoms with Crippen molar-refractivity contribution < 1.29 is 4.79 Å². The number of fused-ring (bicyclic) bond motifs is 1. The van der Waals surface area contributed by atoms with E-state index in [0.717, 1.165) is 12.0 Å². The Balaban J connectivity index is 1.94. The number of rotatable bonds is 5. The lowest BCUT2D eigenvalue weighted by molar-refractivity contribution is -0.112. The molecule has 0 unspecified atom stereocenters. The van der Waals surface area contributed by atoms with Crippen molar-refractivity contribution in [3.63, 3.8) is 0 Å². The van der Waals surface area contributed by atoms with E-state index in [0.29, 0.717) is 23.3 Å². The molecule has 0 saturated carbocycles. The fourth-order valence-corrected chi connectivity index (χ4v) is 2.82. The molecule has 0 aliphatic heterocycles. The van der Waals surface area contributed by atoms with Crippen molar-refractivity contribution in [1.82, 2.24) is 9.55 Å². The van der Waals surface area contributed by atoms with Gasteiger partial charge in [-0.2, -0.15) is 0 Å². The SMILES string of the molecule is CC(=O)/C=C/c1ccc2c(=O)n(CCc3ccccc3)c(C)nc2c1. The number of aromatic nitrogens is 2. The minimum Gasteiger partial charge on any atom is -0.296 e. The maximum atomic E-state index is 12.8. The molecule has 126 valence electrons. The third-order valence-corrected chi connectivity index (χ3v) is 4.15. The Labute approximate surface area is 146 Å². The third-order valence-electron chi connectivity index (χ3n) is 4.15. The van der Waals surface area contributed by atoms with Crippen LogP contribution in [0.15, 0.2) is 59.4 Å². The van der Waals surface area contributed by atoms with E-state index in [1.54, 1.807) is 16.7 Å². The van der Waals surface area contributed by atoms with E-state index in [1.807, 2.05) is 37.3 Å². The lowest BCUT2D eigenvalue weighted by atomic mass is 10.1. The number of allylic oxidation sites excluding steroid dienone is 1. The van der Waals surface area contributed by atoms with Crippen LogP contribution >= 0.6 is 0 Å². The zero-order valence-electron chi connectivity index (χ0n) is 14.4. The fourth-order valence-electron chi connectivity index (χ4n) is 2.82. The second-order valence-electron chi connectivity index (χ2n) is 6.07. The average Bonchev–Trinajstić information content (AvgIpc) is 2.60. The summed E-state index contributed by atoms with van der Waals surface area (Å²) in [6, 6.07) is 15.6. The Morgan fingerprint density at radius 3 is 2.64 bits per heavy atom. The minimum absolute atomic E-state index is 0.0134. The highest BCUT2D eigenvalue weighted by atomic mass is 16.1. The van der Waals surface area contributed by atoms with Crippen LogP contribution in [-0.2, 0) is 17.8 Å². The molecule has 25 heavy (non-hydrogen) atoms. The van der Waals surface area contributed by atoms with Gasteiger partial charge in [0.2, 0.25) is 0 Å². The van der Waals surface area contributed by atoms with E-state index in [2.05, 4.69) is 17.1 Å². The molecular weight excluding hydrogens is 312 g/mol. The van der Waals surface area contributed by atoms with Crippen LogP contribution in [-0.4, -0.2) is 15.3 Å². The molecule has 1 heterocycles. The summed E-state index contributed by atoms with van der Waals surface area (Å²) in [4.78, 5) is 28.4. The van der Waals surface area contributed by atoms with Crippen LogP contribution in [0.5, 0.6) is 0 Å². The van der Waals surface area contributed by atoms with Gasteiger partial charge in [-0.15, -0.1) is 0 Å². The van der Waals surface area contributed by atoms with Gasteiger partial charge in [-0.25, -0.2) is 4.98 Å². The molecule has 4 heteroatoms. The first kappa shape index (κ1) is 16.8. The monoisotopic (exact) mass is 332 g/mol. The molecule has 0 radical (unpaired) electrons. The van der Waals surface area contributed by atoms with Crippen LogP contribution in [0, 0.1) is 6.92 Å². The number of hydrogen-bond donors (Lipinski definition) is 0. The molecule has 0 saturated heterocycles. The zero-order valence-corrected chi connectivity index (χ0v) is 14.4. The Hall–Kier alpha value is -3.01. The Bertz CT molecular complexity index is 1000. The number of nitrogens with zero attached hydrogens (tertiary/aromatic N) is 2. The first-order valence-corrected chi connectivity index (χ1v) is 8.28. The predicted octanol–water partition coefficient (Wildman–Crippen LogP) is 3.55. The van der Waals surface area contributed by atoms with Gasteiger partial charge in [-0.05, 0) is 49.6 Å². The molecule has 0 N–H and O–H groups in total. The summed E-state index contributed by atoms with van der Waals surface area (Å²) >= 11 is 0. The number of carbonyl (C=O) groups is 1. The summed E-state index contributed by atoms with van der Waals surface area (Å²) < 4.78 is 1.72. The number of aryl methyl sites for hydroxylation is 2. The molecule has 0 aliphatic carbocycles. The van der Waals surface area contributed by atoms with Gasteiger partial charge in [0.05, 0.1) is 10.9 Å². The van der Waals surface area contributed by atoms with Crippen LogP contribution in [0.3, 0.4) is 0 Å². The summed E-state index contributed by atoms with van der Waals surface area (Å²) in [6.07, 6.45) is 4.03. The lowest BCUT2D eigenvalue weighted by Gasteiger charge is -2.11. The van der Waals surface area contributed by atoms with Crippen LogP contribution in [0.25, 0.3) is 17.0 Å².